The average molecular weight is 365 g/mol. The van der Waals surface area contributed by atoms with E-state index < -0.39 is 0 Å². The van der Waals surface area contributed by atoms with Crippen molar-refractivity contribution in [1.29, 1.82) is 0 Å². The van der Waals surface area contributed by atoms with Gasteiger partial charge in [0, 0.05) is 26.6 Å². The van der Waals surface area contributed by atoms with Crippen LogP contribution in [0.3, 0.4) is 0 Å². The zero-order chi connectivity index (χ0) is 19.2. The van der Waals surface area contributed by atoms with Crippen LogP contribution in [-0.2, 0) is 19.5 Å². The molecule has 3 aromatic rings. The summed E-state index contributed by atoms with van der Waals surface area (Å²) in [6.07, 6.45) is 1.66. The number of nitrogens with one attached hydrogen (secondary N) is 1. The van der Waals surface area contributed by atoms with E-state index in [9.17, 15) is 9.90 Å². The van der Waals surface area contributed by atoms with Gasteiger partial charge in [-0.3, -0.25) is 4.79 Å². The number of aromatic hydroxyl groups is 1. The lowest BCUT2D eigenvalue weighted by molar-refractivity contribution is 0.112. The second-order valence-electron chi connectivity index (χ2n) is 6.35. The topological polar surface area (TPSA) is 78.8 Å². The third kappa shape index (κ3) is 4.27. The van der Waals surface area contributed by atoms with Crippen LogP contribution in [0.15, 0.2) is 48.5 Å². The Kier molecular flexibility index (Phi) is 6.06. The smallest absolute Gasteiger partial charge is 0.153 e. The molecule has 5 nitrogen and oxygen atoms in total. The van der Waals surface area contributed by atoms with Gasteiger partial charge < -0.3 is 20.3 Å². The second-order valence-corrected chi connectivity index (χ2v) is 6.35. The summed E-state index contributed by atoms with van der Waals surface area (Å²) in [4.78, 5) is 11.0. The normalized spacial score (nSPS) is 12.1. The summed E-state index contributed by atoms with van der Waals surface area (Å²) in [5, 5.41) is 22.1. The molecule has 27 heavy (non-hydrogen) atoms. The van der Waals surface area contributed by atoms with Crippen LogP contribution in [0.4, 0.5) is 0 Å². The Bertz CT molecular complexity index is 952. The van der Waals surface area contributed by atoms with Gasteiger partial charge in [0.05, 0.1) is 12.2 Å². The van der Waals surface area contributed by atoms with Crippen LogP contribution >= 0.6 is 0 Å². The molecule has 0 bridgehead atoms. The number of aliphatic hydroxyl groups is 1. The highest BCUT2D eigenvalue weighted by molar-refractivity contribution is 5.92. The van der Waals surface area contributed by atoms with E-state index in [2.05, 4.69) is 17.4 Å². The number of rotatable bonds is 5. The highest BCUT2D eigenvalue weighted by Gasteiger charge is 2.11. The summed E-state index contributed by atoms with van der Waals surface area (Å²) in [6.45, 7) is 2.31. The lowest BCUT2D eigenvalue weighted by Crippen LogP contribution is -2.12. The molecule has 0 aromatic heterocycles. The number of hydrogen-bond acceptors (Lipinski definition) is 5. The van der Waals surface area contributed by atoms with Gasteiger partial charge in [-0.2, -0.15) is 0 Å². The molecule has 0 unspecified atom stereocenters. The van der Waals surface area contributed by atoms with Crippen LogP contribution in [0.25, 0.3) is 10.8 Å². The van der Waals surface area contributed by atoms with E-state index in [1.807, 2.05) is 24.3 Å². The Balaban J connectivity index is 0.00000102. The summed E-state index contributed by atoms with van der Waals surface area (Å²) >= 11 is 0. The molecule has 5 heteroatoms. The quantitative estimate of drug-likeness (QED) is 0.605. The van der Waals surface area contributed by atoms with Crippen molar-refractivity contribution in [3.05, 3.63) is 70.8 Å². The van der Waals surface area contributed by atoms with Gasteiger partial charge in [-0.05, 0) is 51.7 Å². The maximum atomic E-state index is 11.0. The fraction of sp³-hybridized carbons (Fsp3) is 0.227. The van der Waals surface area contributed by atoms with Gasteiger partial charge >= 0.3 is 0 Å². The third-order valence-corrected chi connectivity index (χ3v) is 4.59. The zero-order valence-electron chi connectivity index (χ0n) is 15.2. The maximum absolute atomic E-state index is 11.0. The molecule has 3 N–H and O–H groups in total. The van der Waals surface area contributed by atoms with Crippen molar-refractivity contribution in [2.24, 2.45) is 0 Å². The first-order valence-electron chi connectivity index (χ1n) is 8.84. The van der Waals surface area contributed by atoms with E-state index in [-0.39, 0.29) is 5.75 Å². The first-order valence-corrected chi connectivity index (χ1v) is 8.84. The van der Waals surface area contributed by atoms with Crippen LogP contribution < -0.4 is 10.1 Å². The second kappa shape index (κ2) is 8.66. The number of phenolic OH excluding ortho intramolecular Hbond substituents is 1. The molecule has 1 aliphatic heterocycles. The average Bonchev–Trinajstić information content (AvgIpc) is 3.17. The predicted molar refractivity (Wildman–Crippen MR) is 105 cm³/mol. The minimum atomic E-state index is 0.0222. The van der Waals surface area contributed by atoms with Crippen LogP contribution in [0.1, 0.15) is 27.0 Å². The number of carbonyl (C=O) groups is 1. The van der Waals surface area contributed by atoms with Gasteiger partial charge in [0.25, 0.3) is 0 Å². The number of aldehydes is 1. The van der Waals surface area contributed by atoms with Crippen molar-refractivity contribution in [2.75, 3.05) is 13.7 Å². The predicted octanol–water partition coefficient (Wildman–Crippen LogP) is 3.19. The van der Waals surface area contributed by atoms with E-state index in [4.69, 9.17) is 9.84 Å². The molecule has 0 aliphatic carbocycles. The van der Waals surface area contributed by atoms with E-state index >= 15 is 0 Å². The number of fused-ring (bicyclic) bond motifs is 2. The van der Waals surface area contributed by atoms with E-state index in [1.165, 1.54) is 11.1 Å². The van der Waals surface area contributed by atoms with Crippen molar-refractivity contribution in [3.63, 3.8) is 0 Å². The molecule has 0 atom stereocenters. The lowest BCUT2D eigenvalue weighted by atomic mass is 10.0. The minimum absolute atomic E-state index is 0.0222. The highest BCUT2D eigenvalue weighted by Crippen LogP contribution is 2.26. The number of hydrogen-bond donors (Lipinski definition) is 3. The van der Waals surface area contributed by atoms with Crippen LogP contribution in [0, 0.1) is 0 Å². The molecule has 1 aliphatic rings. The van der Waals surface area contributed by atoms with Crippen molar-refractivity contribution in [1.82, 2.24) is 5.32 Å². The number of ether oxygens (including phenoxy) is 1. The zero-order valence-corrected chi connectivity index (χ0v) is 15.2. The van der Waals surface area contributed by atoms with Crippen molar-refractivity contribution >= 4 is 17.1 Å². The van der Waals surface area contributed by atoms with Gasteiger partial charge in [0.15, 0.2) is 6.29 Å². The fourth-order valence-corrected chi connectivity index (χ4v) is 3.26. The standard InChI is InChI=1S/C21H19NO3.CH4O/c23-13-19-9-18-8-14(1-3-16(18)10-20(19)24)11-22-12-15-2-4-21-17(7-15)5-6-25-21;1-2/h1-4,7-10,13,22,24H,5-6,11-12H2;2H,1H3. The summed E-state index contributed by atoms with van der Waals surface area (Å²) in [6, 6.07) is 15.7. The van der Waals surface area contributed by atoms with Crippen LogP contribution in [-0.4, -0.2) is 30.2 Å². The Hall–Kier alpha value is -2.89. The Labute approximate surface area is 158 Å². The number of phenols is 1. The van der Waals surface area contributed by atoms with Crippen molar-refractivity contribution in [3.8, 4) is 11.5 Å². The van der Waals surface area contributed by atoms with E-state index in [0.717, 1.165) is 55.3 Å². The summed E-state index contributed by atoms with van der Waals surface area (Å²) in [5.74, 6) is 1.03. The maximum Gasteiger partial charge on any atom is 0.153 e. The molecule has 0 spiro atoms. The monoisotopic (exact) mass is 365 g/mol. The van der Waals surface area contributed by atoms with E-state index in [0.29, 0.717) is 11.8 Å². The number of benzene rings is 3. The highest BCUT2D eigenvalue weighted by atomic mass is 16.5. The molecule has 0 saturated heterocycles. The largest absolute Gasteiger partial charge is 0.507 e. The molecule has 0 fully saturated rings. The van der Waals surface area contributed by atoms with Gasteiger partial charge in [0.1, 0.15) is 11.5 Å². The molecule has 4 rings (SSSR count). The molecule has 3 aromatic carbocycles. The number of aliphatic hydroxyl groups excluding tert-OH is 1. The molecule has 140 valence electrons. The number of carbonyl (C=O) groups excluding carboxylic acids is 1. The molecule has 0 radical (unpaired) electrons. The fourth-order valence-electron chi connectivity index (χ4n) is 3.26. The van der Waals surface area contributed by atoms with Crippen molar-refractivity contribution in [2.45, 2.75) is 19.5 Å². The first-order chi connectivity index (χ1) is 13.2. The third-order valence-electron chi connectivity index (χ3n) is 4.59. The van der Waals surface area contributed by atoms with Crippen LogP contribution in [0.5, 0.6) is 11.5 Å². The van der Waals surface area contributed by atoms with Crippen molar-refractivity contribution < 1.29 is 19.7 Å². The Morgan fingerprint density at radius 1 is 1.00 bits per heavy atom. The summed E-state index contributed by atoms with van der Waals surface area (Å²) in [7, 11) is 1.00. The Morgan fingerprint density at radius 2 is 1.74 bits per heavy atom. The van der Waals surface area contributed by atoms with E-state index in [1.54, 1.807) is 12.1 Å². The lowest BCUT2D eigenvalue weighted by Gasteiger charge is -2.08. The van der Waals surface area contributed by atoms with Crippen LogP contribution in [0.2, 0.25) is 0 Å². The molecule has 1 heterocycles. The van der Waals surface area contributed by atoms with Gasteiger partial charge in [0.2, 0.25) is 0 Å². The van der Waals surface area contributed by atoms with Gasteiger partial charge in [-0.1, -0.05) is 24.3 Å². The SMILES string of the molecule is CO.O=Cc1cc2cc(CNCc3ccc4c(c3)CCO4)ccc2cc1O. The molecular weight excluding hydrogens is 342 g/mol. The van der Waals surface area contributed by atoms with Gasteiger partial charge in [-0.15, -0.1) is 0 Å². The molecular formula is C22H23NO4. The summed E-state index contributed by atoms with van der Waals surface area (Å²) in [5.41, 5.74) is 3.99. The molecule has 0 saturated carbocycles. The first kappa shape index (κ1) is 18.9. The summed E-state index contributed by atoms with van der Waals surface area (Å²) < 4.78 is 5.53. The van der Waals surface area contributed by atoms with Gasteiger partial charge in [-0.25, -0.2) is 0 Å². The molecule has 0 amide bonds. The Morgan fingerprint density at radius 3 is 2.52 bits per heavy atom. The minimum Gasteiger partial charge on any atom is -0.507 e.